The van der Waals surface area contributed by atoms with Crippen LogP contribution < -0.4 is 10.4 Å². The Balaban J connectivity index is 2.53. The molecule has 0 bridgehead atoms. The monoisotopic (exact) mass is 181 g/mol. The number of hydrogen-bond donors (Lipinski definition) is 0. The summed E-state index contributed by atoms with van der Waals surface area (Å²) in [7, 11) is 0. The van der Waals surface area contributed by atoms with Gasteiger partial charge in [-0.3, -0.25) is 9.79 Å². The third-order valence-electron chi connectivity index (χ3n) is 2.51. The van der Waals surface area contributed by atoms with Crippen molar-refractivity contribution >= 4 is 24.3 Å². The number of nitrogens with zero attached hydrogens (tertiary/aromatic N) is 1. The minimum Gasteiger partial charge on any atom is -0.289 e. The third-order valence-corrected chi connectivity index (χ3v) is 2.51. The van der Waals surface area contributed by atoms with Crippen LogP contribution in [0.4, 0.5) is 0 Å². The molecular weight excluding hydrogens is 174 g/mol. The molecule has 1 heterocycles. The molecule has 14 heavy (non-hydrogen) atoms. The van der Waals surface area contributed by atoms with Gasteiger partial charge in [0.2, 0.25) is 0 Å². The summed E-state index contributed by atoms with van der Waals surface area (Å²) in [5, 5.41) is 2.05. The van der Waals surface area contributed by atoms with E-state index in [0.29, 0.717) is 0 Å². The fourth-order valence-electron chi connectivity index (χ4n) is 1.82. The quantitative estimate of drug-likeness (QED) is 0.569. The molecule has 0 saturated carbocycles. The van der Waals surface area contributed by atoms with Gasteiger partial charge in [0.15, 0.2) is 5.78 Å². The van der Waals surface area contributed by atoms with Crippen molar-refractivity contribution in [1.82, 2.24) is 0 Å². The summed E-state index contributed by atoms with van der Waals surface area (Å²) in [6.45, 7) is 0. The zero-order chi connectivity index (χ0) is 9.54. The summed E-state index contributed by atoms with van der Waals surface area (Å²) in [5.74, 6) is 0.0746. The van der Waals surface area contributed by atoms with Crippen LogP contribution in [0.3, 0.4) is 0 Å². The molecule has 2 aliphatic rings. The smallest absolute Gasteiger partial charge is 0.186 e. The van der Waals surface area contributed by atoms with Crippen LogP contribution in [0.25, 0.3) is 12.3 Å². The van der Waals surface area contributed by atoms with Crippen molar-refractivity contribution in [3.63, 3.8) is 0 Å². The summed E-state index contributed by atoms with van der Waals surface area (Å²) < 4.78 is 0. The van der Waals surface area contributed by atoms with Crippen molar-refractivity contribution < 1.29 is 4.79 Å². The fourth-order valence-corrected chi connectivity index (χ4v) is 1.82. The van der Waals surface area contributed by atoms with Crippen LogP contribution in [0.5, 0.6) is 0 Å². The molecule has 66 valence electrons. The largest absolute Gasteiger partial charge is 0.289 e. The van der Waals surface area contributed by atoms with Gasteiger partial charge < -0.3 is 0 Å². The van der Waals surface area contributed by atoms with E-state index < -0.39 is 0 Å². The van der Waals surface area contributed by atoms with Crippen molar-refractivity contribution in [3.05, 3.63) is 45.8 Å². The molecule has 1 aromatic rings. The number of aliphatic imine (C=N–C) groups is 1. The lowest BCUT2D eigenvalue weighted by molar-refractivity contribution is 0.104. The van der Waals surface area contributed by atoms with Gasteiger partial charge in [-0.25, -0.2) is 0 Å². The van der Waals surface area contributed by atoms with Gasteiger partial charge >= 0.3 is 0 Å². The predicted molar refractivity (Wildman–Crippen MR) is 55.7 cm³/mol. The molecule has 1 aliphatic carbocycles. The molecule has 2 nitrogen and oxygen atoms in total. The van der Waals surface area contributed by atoms with Crippen LogP contribution in [-0.2, 0) is 0 Å². The molecule has 1 aliphatic heterocycles. The van der Waals surface area contributed by atoms with Gasteiger partial charge in [-0.05, 0) is 17.4 Å². The van der Waals surface area contributed by atoms with Gasteiger partial charge in [0, 0.05) is 28.8 Å². The van der Waals surface area contributed by atoms with Crippen molar-refractivity contribution in [2.75, 3.05) is 0 Å². The molecule has 0 N–H and O–H groups in total. The molecule has 0 atom stereocenters. The first-order valence-electron chi connectivity index (χ1n) is 4.45. The lowest BCUT2D eigenvalue weighted by Crippen LogP contribution is -2.33. The van der Waals surface area contributed by atoms with Crippen LogP contribution in [0.1, 0.15) is 15.9 Å². The number of hydrogen-bond acceptors (Lipinski definition) is 2. The Morgan fingerprint density at radius 2 is 2.07 bits per heavy atom. The average Bonchev–Trinajstić information content (AvgIpc) is 2.66. The van der Waals surface area contributed by atoms with Crippen molar-refractivity contribution in [3.8, 4) is 0 Å². The van der Waals surface area contributed by atoms with Gasteiger partial charge in [-0.2, -0.15) is 0 Å². The second kappa shape index (κ2) is 2.51. The summed E-state index contributed by atoms with van der Waals surface area (Å²) in [5.41, 5.74) is 1.86. The van der Waals surface area contributed by atoms with Crippen LogP contribution in [0.15, 0.2) is 29.3 Å². The Morgan fingerprint density at radius 3 is 3.00 bits per heavy atom. The zero-order valence-corrected chi connectivity index (χ0v) is 7.40. The Labute approximate surface area is 80.6 Å². The van der Waals surface area contributed by atoms with Crippen LogP contribution in [-0.4, -0.2) is 12.0 Å². The van der Waals surface area contributed by atoms with Gasteiger partial charge in [0.05, 0.1) is 0 Å². The SMILES string of the molecule is O=C1C=CC=c2c1ccc1c2=CN=C1. The van der Waals surface area contributed by atoms with Gasteiger partial charge in [0.25, 0.3) is 0 Å². The van der Waals surface area contributed by atoms with Crippen LogP contribution in [0, 0.1) is 0 Å². The Kier molecular flexibility index (Phi) is 1.34. The number of ketones is 1. The highest BCUT2D eigenvalue weighted by molar-refractivity contribution is 6.07. The van der Waals surface area contributed by atoms with Gasteiger partial charge in [-0.15, -0.1) is 0 Å². The lowest BCUT2D eigenvalue weighted by Gasteiger charge is -2.03. The number of carbonyl (C=O) groups excluding carboxylic acids is 1. The number of rotatable bonds is 0. The van der Waals surface area contributed by atoms with Crippen LogP contribution >= 0.6 is 0 Å². The summed E-state index contributed by atoms with van der Waals surface area (Å²) in [6, 6.07) is 3.80. The van der Waals surface area contributed by atoms with E-state index in [1.165, 1.54) is 0 Å². The van der Waals surface area contributed by atoms with E-state index in [1.807, 2.05) is 24.4 Å². The molecule has 0 spiro atoms. The highest BCUT2D eigenvalue weighted by atomic mass is 16.1. The van der Waals surface area contributed by atoms with E-state index in [9.17, 15) is 4.79 Å². The number of fused-ring (bicyclic) bond motifs is 3. The van der Waals surface area contributed by atoms with E-state index in [-0.39, 0.29) is 5.78 Å². The molecule has 0 aromatic heterocycles. The Bertz CT molecular complexity index is 606. The second-order valence-electron chi connectivity index (χ2n) is 3.33. The van der Waals surface area contributed by atoms with E-state index >= 15 is 0 Å². The summed E-state index contributed by atoms with van der Waals surface area (Å²) >= 11 is 0. The maximum Gasteiger partial charge on any atom is 0.186 e. The minimum absolute atomic E-state index is 0.0746. The molecular formula is C12H7NO. The first-order valence-corrected chi connectivity index (χ1v) is 4.45. The second-order valence-corrected chi connectivity index (χ2v) is 3.33. The molecule has 0 unspecified atom stereocenters. The third kappa shape index (κ3) is 0.852. The Morgan fingerprint density at radius 1 is 1.14 bits per heavy atom. The zero-order valence-electron chi connectivity index (χ0n) is 7.40. The normalized spacial score (nSPS) is 15.9. The van der Waals surface area contributed by atoms with E-state index in [4.69, 9.17) is 0 Å². The van der Waals surface area contributed by atoms with Gasteiger partial charge in [0.1, 0.15) is 0 Å². The fraction of sp³-hybridized carbons (Fsp3) is 0. The summed E-state index contributed by atoms with van der Waals surface area (Å²) in [4.78, 5) is 15.6. The first kappa shape index (κ1) is 7.44. The number of carbonyl (C=O) groups is 1. The molecule has 0 saturated heterocycles. The maximum absolute atomic E-state index is 11.5. The molecule has 3 rings (SSSR count). The van der Waals surface area contributed by atoms with Crippen molar-refractivity contribution in [2.24, 2.45) is 4.99 Å². The van der Waals surface area contributed by atoms with E-state index in [1.54, 1.807) is 18.4 Å². The number of allylic oxidation sites excluding steroid dienone is 2. The number of benzene rings is 1. The molecule has 0 amide bonds. The van der Waals surface area contributed by atoms with E-state index in [2.05, 4.69) is 4.99 Å². The predicted octanol–water partition coefficient (Wildman–Crippen LogP) is 0.390. The highest BCUT2D eigenvalue weighted by Gasteiger charge is 2.10. The molecule has 0 fully saturated rings. The van der Waals surface area contributed by atoms with Crippen molar-refractivity contribution in [1.29, 1.82) is 0 Å². The maximum atomic E-state index is 11.5. The highest BCUT2D eigenvalue weighted by Crippen LogP contribution is 2.01. The minimum atomic E-state index is 0.0746. The molecule has 0 radical (unpaired) electrons. The average molecular weight is 181 g/mol. The standard InChI is InChI=1S/C12H7NO/c14-12-3-1-2-9-10(12)5-4-8-6-13-7-11(8)9/h1-7H. The van der Waals surface area contributed by atoms with E-state index in [0.717, 1.165) is 21.6 Å². The van der Waals surface area contributed by atoms with Gasteiger partial charge in [-0.1, -0.05) is 18.2 Å². The van der Waals surface area contributed by atoms with Crippen LogP contribution in [0.2, 0.25) is 0 Å². The van der Waals surface area contributed by atoms with Crippen molar-refractivity contribution in [2.45, 2.75) is 0 Å². The Hall–Kier alpha value is -1.96. The summed E-state index contributed by atoms with van der Waals surface area (Å²) in [6.07, 6.45) is 8.95. The first-order chi connectivity index (χ1) is 6.86. The molecule has 2 heteroatoms. The topological polar surface area (TPSA) is 29.4 Å². The lowest BCUT2D eigenvalue weighted by atomic mass is 9.99. The molecule has 1 aromatic carbocycles.